The lowest BCUT2D eigenvalue weighted by Crippen LogP contribution is -2.34. The molecule has 0 amide bonds. The van der Waals surface area contributed by atoms with Gasteiger partial charge in [0.15, 0.2) is 6.10 Å². The Hall–Kier alpha value is -1.10. The maximum absolute atomic E-state index is 10.6. The second kappa shape index (κ2) is 3.92. The van der Waals surface area contributed by atoms with Gasteiger partial charge in [-0.25, -0.2) is 4.79 Å². The quantitative estimate of drug-likeness (QED) is 0.537. The first-order chi connectivity index (χ1) is 4.95. The van der Waals surface area contributed by atoms with Crippen molar-refractivity contribution in [1.29, 1.82) is 0 Å². The zero-order valence-electron chi connectivity index (χ0n) is 6.40. The zero-order chi connectivity index (χ0) is 9.02. The van der Waals surface area contributed by atoms with Gasteiger partial charge in [0.25, 0.3) is 0 Å². The minimum Gasteiger partial charge on any atom is -0.479 e. The van der Waals surface area contributed by atoms with E-state index in [0.717, 1.165) is 0 Å². The normalized spacial score (nSPS) is 15.2. The first-order valence-corrected chi connectivity index (χ1v) is 3.14. The number of carboxylic acids is 1. The molecule has 0 aliphatic carbocycles. The molecule has 0 saturated heterocycles. The van der Waals surface area contributed by atoms with E-state index in [1.165, 1.54) is 13.8 Å². The highest BCUT2D eigenvalue weighted by Gasteiger charge is 2.18. The van der Waals surface area contributed by atoms with E-state index in [1.807, 2.05) is 0 Å². The molecular formula is C6H11NO4. The lowest BCUT2D eigenvalue weighted by Gasteiger charge is -2.09. The van der Waals surface area contributed by atoms with Crippen molar-refractivity contribution < 1.29 is 19.4 Å². The van der Waals surface area contributed by atoms with Crippen molar-refractivity contribution in [2.75, 3.05) is 0 Å². The number of esters is 1. The van der Waals surface area contributed by atoms with Gasteiger partial charge in [-0.1, -0.05) is 0 Å². The number of hydrogen-bond donors (Lipinski definition) is 2. The molecule has 0 fully saturated rings. The summed E-state index contributed by atoms with van der Waals surface area (Å²) in [5, 5.41) is 8.29. The monoisotopic (exact) mass is 161 g/mol. The van der Waals surface area contributed by atoms with Crippen LogP contribution >= 0.6 is 0 Å². The summed E-state index contributed by atoms with van der Waals surface area (Å²) in [5.41, 5.74) is 5.12. The largest absolute Gasteiger partial charge is 0.479 e. The van der Waals surface area contributed by atoms with Crippen LogP contribution in [0.15, 0.2) is 0 Å². The smallest absolute Gasteiger partial charge is 0.344 e. The fraction of sp³-hybridized carbons (Fsp3) is 0.667. The van der Waals surface area contributed by atoms with Gasteiger partial charge < -0.3 is 15.6 Å². The van der Waals surface area contributed by atoms with Gasteiger partial charge in [-0.2, -0.15) is 0 Å². The fourth-order valence-corrected chi connectivity index (χ4v) is 0.332. The van der Waals surface area contributed by atoms with Gasteiger partial charge in [0.2, 0.25) is 0 Å². The summed E-state index contributed by atoms with van der Waals surface area (Å²) in [6.45, 7) is 2.69. The second-order valence-corrected chi connectivity index (χ2v) is 2.21. The van der Waals surface area contributed by atoms with Crippen molar-refractivity contribution in [2.24, 2.45) is 5.73 Å². The van der Waals surface area contributed by atoms with Crippen LogP contribution in [0.1, 0.15) is 13.8 Å². The SMILES string of the molecule is C[C@H](OC(=O)[C@@H](C)N)C(=O)O. The predicted octanol–water partition coefficient (Wildman–Crippen LogP) is -0.650. The van der Waals surface area contributed by atoms with Gasteiger partial charge in [0.1, 0.15) is 6.04 Å². The summed E-state index contributed by atoms with van der Waals surface area (Å²) in [6, 6.07) is -0.781. The molecule has 0 heterocycles. The Bertz CT molecular complexity index is 166. The minimum absolute atomic E-state index is 0.708. The predicted molar refractivity (Wildman–Crippen MR) is 36.8 cm³/mol. The topological polar surface area (TPSA) is 89.6 Å². The van der Waals surface area contributed by atoms with Crippen molar-refractivity contribution in [2.45, 2.75) is 26.0 Å². The highest BCUT2D eigenvalue weighted by Crippen LogP contribution is 1.93. The third kappa shape index (κ3) is 3.57. The summed E-state index contributed by atoms with van der Waals surface area (Å²) in [5.74, 6) is -1.89. The molecule has 3 N–H and O–H groups in total. The van der Waals surface area contributed by atoms with Gasteiger partial charge in [-0.15, -0.1) is 0 Å². The van der Waals surface area contributed by atoms with Gasteiger partial charge in [0.05, 0.1) is 0 Å². The second-order valence-electron chi connectivity index (χ2n) is 2.21. The van der Waals surface area contributed by atoms with Crippen LogP contribution in [0.4, 0.5) is 0 Å². The van der Waals surface area contributed by atoms with Crippen molar-refractivity contribution in [1.82, 2.24) is 0 Å². The zero-order valence-corrected chi connectivity index (χ0v) is 6.40. The van der Waals surface area contributed by atoms with Crippen LogP contribution in [-0.4, -0.2) is 29.2 Å². The van der Waals surface area contributed by atoms with E-state index in [-0.39, 0.29) is 0 Å². The Balaban J connectivity index is 3.85. The fourth-order valence-electron chi connectivity index (χ4n) is 0.332. The molecule has 64 valence electrons. The van der Waals surface area contributed by atoms with Crippen molar-refractivity contribution in [3.05, 3.63) is 0 Å². The van der Waals surface area contributed by atoms with Crippen LogP contribution in [-0.2, 0) is 14.3 Å². The lowest BCUT2D eigenvalue weighted by molar-refractivity contribution is -0.163. The molecule has 0 bridgehead atoms. The van der Waals surface area contributed by atoms with Crippen molar-refractivity contribution in [3.63, 3.8) is 0 Å². The van der Waals surface area contributed by atoms with Gasteiger partial charge >= 0.3 is 11.9 Å². The van der Waals surface area contributed by atoms with E-state index in [4.69, 9.17) is 10.8 Å². The molecule has 0 unspecified atom stereocenters. The highest BCUT2D eigenvalue weighted by molar-refractivity contribution is 5.80. The summed E-state index contributed by atoms with van der Waals surface area (Å²) in [6.07, 6.45) is -1.13. The van der Waals surface area contributed by atoms with Gasteiger partial charge in [0, 0.05) is 0 Å². The Morgan fingerprint density at radius 1 is 1.45 bits per heavy atom. The minimum atomic E-state index is -1.18. The van der Waals surface area contributed by atoms with E-state index in [0.29, 0.717) is 0 Å². The molecule has 0 radical (unpaired) electrons. The number of carboxylic acid groups (broad SMARTS) is 1. The molecule has 0 spiro atoms. The van der Waals surface area contributed by atoms with E-state index in [9.17, 15) is 9.59 Å². The van der Waals surface area contributed by atoms with Crippen molar-refractivity contribution >= 4 is 11.9 Å². The first kappa shape index (κ1) is 9.90. The van der Waals surface area contributed by atoms with Crippen LogP contribution in [0.2, 0.25) is 0 Å². The van der Waals surface area contributed by atoms with Gasteiger partial charge in [-0.05, 0) is 13.8 Å². The Labute approximate surface area is 64.1 Å². The first-order valence-electron chi connectivity index (χ1n) is 3.14. The maximum Gasteiger partial charge on any atom is 0.344 e. The van der Waals surface area contributed by atoms with Crippen LogP contribution in [0, 0.1) is 0 Å². The number of nitrogens with two attached hydrogens (primary N) is 1. The highest BCUT2D eigenvalue weighted by atomic mass is 16.6. The molecule has 2 atom stereocenters. The number of hydrogen-bond acceptors (Lipinski definition) is 4. The maximum atomic E-state index is 10.6. The summed E-state index contributed by atoms with van der Waals surface area (Å²) in [4.78, 5) is 20.8. The number of carbonyl (C=O) groups is 2. The summed E-state index contributed by atoms with van der Waals surface area (Å²) >= 11 is 0. The third-order valence-electron chi connectivity index (χ3n) is 1.01. The molecule has 5 nitrogen and oxygen atoms in total. The molecule has 0 aliphatic rings. The molecule has 5 heteroatoms. The van der Waals surface area contributed by atoms with Crippen LogP contribution in [0.25, 0.3) is 0 Å². The molecule has 0 saturated carbocycles. The Morgan fingerprint density at radius 2 is 1.91 bits per heavy atom. The third-order valence-corrected chi connectivity index (χ3v) is 1.01. The van der Waals surface area contributed by atoms with E-state index < -0.39 is 24.1 Å². The molecule has 0 aliphatic heterocycles. The average Bonchev–Trinajstić information content (AvgIpc) is 1.87. The Kier molecular flexibility index (Phi) is 3.53. The van der Waals surface area contributed by atoms with Gasteiger partial charge in [-0.3, -0.25) is 4.79 Å². The van der Waals surface area contributed by atoms with Crippen LogP contribution < -0.4 is 5.73 Å². The van der Waals surface area contributed by atoms with E-state index in [1.54, 1.807) is 0 Å². The van der Waals surface area contributed by atoms with Crippen LogP contribution in [0.3, 0.4) is 0 Å². The molecule has 0 rings (SSSR count). The molecule has 11 heavy (non-hydrogen) atoms. The summed E-state index contributed by atoms with van der Waals surface area (Å²) in [7, 11) is 0. The number of rotatable bonds is 3. The average molecular weight is 161 g/mol. The summed E-state index contributed by atoms with van der Waals surface area (Å²) < 4.78 is 4.41. The molecular weight excluding hydrogens is 150 g/mol. The standard InChI is InChI=1S/C6H11NO4/c1-3(7)6(10)11-4(2)5(8)9/h3-4H,7H2,1-2H3,(H,8,9)/t3-,4+/m1/s1. The lowest BCUT2D eigenvalue weighted by atomic mass is 10.3. The number of carbonyl (C=O) groups excluding carboxylic acids is 1. The Morgan fingerprint density at radius 3 is 2.18 bits per heavy atom. The molecule has 0 aromatic carbocycles. The van der Waals surface area contributed by atoms with E-state index in [2.05, 4.69) is 4.74 Å². The number of ether oxygens (including phenoxy) is 1. The molecule has 0 aromatic heterocycles. The molecule has 0 aromatic rings. The van der Waals surface area contributed by atoms with E-state index >= 15 is 0 Å². The van der Waals surface area contributed by atoms with Crippen LogP contribution in [0.5, 0.6) is 0 Å². The number of aliphatic carboxylic acids is 1. The van der Waals surface area contributed by atoms with Crippen molar-refractivity contribution in [3.8, 4) is 0 Å².